The molecule has 2 rings (SSSR count). The third-order valence-electron chi connectivity index (χ3n) is 3.12. The average Bonchev–Trinajstić information content (AvgIpc) is 2.77. The van der Waals surface area contributed by atoms with E-state index in [4.69, 9.17) is 0 Å². The van der Waals surface area contributed by atoms with Gasteiger partial charge in [-0.15, -0.1) is 0 Å². The fourth-order valence-electron chi connectivity index (χ4n) is 2.00. The molecule has 0 aliphatic rings. The Labute approximate surface area is 109 Å². The number of aryl methyl sites for hydroxylation is 2. The summed E-state index contributed by atoms with van der Waals surface area (Å²) < 4.78 is 1.99. The number of rotatable bonds is 6. The van der Waals surface area contributed by atoms with Gasteiger partial charge in [-0.05, 0) is 32.4 Å². The van der Waals surface area contributed by atoms with Gasteiger partial charge in [0.1, 0.15) is 0 Å². The van der Waals surface area contributed by atoms with E-state index in [1.54, 1.807) is 0 Å². The monoisotopic (exact) mass is 243 g/mol. The molecule has 96 valence electrons. The van der Waals surface area contributed by atoms with Gasteiger partial charge in [0.25, 0.3) is 0 Å². The van der Waals surface area contributed by atoms with Crippen molar-refractivity contribution in [1.29, 1.82) is 0 Å². The molecule has 0 saturated heterocycles. The van der Waals surface area contributed by atoms with Gasteiger partial charge in [-0.2, -0.15) is 5.10 Å². The van der Waals surface area contributed by atoms with Crippen LogP contribution in [-0.4, -0.2) is 16.3 Å². The van der Waals surface area contributed by atoms with Crippen molar-refractivity contribution in [2.24, 2.45) is 0 Å². The van der Waals surface area contributed by atoms with Gasteiger partial charge in [0.15, 0.2) is 0 Å². The molecule has 1 N–H and O–H groups in total. The Morgan fingerprint density at radius 2 is 2.00 bits per heavy atom. The first-order valence-corrected chi connectivity index (χ1v) is 6.57. The molecule has 2 aromatic rings. The summed E-state index contributed by atoms with van der Waals surface area (Å²) in [6, 6.07) is 10.6. The van der Waals surface area contributed by atoms with Gasteiger partial charge < -0.3 is 5.32 Å². The molecule has 1 aromatic carbocycles. The van der Waals surface area contributed by atoms with E-state index in [0.29, 0.717) is 0 Å². The summed E-state index contributed by atoms with van der Waals surface area (Å²) >= 11 is 0. The zero-order valence-electron chi connectivity index (χ0n) is 11.2. The minimum absolute atomic E-state index is 0.901. The molecular weight excluding hydrogens is 222 g/mol. The lowest BCUT2D eigenvalue weighted by atomic mass is 10.1. The Morgan fingerprint density at radius 3 is 2.67 bits per heavy atom. The molecule has 0 spiro atoms. The van der Waals surface area contributed by atoms with Crippen LogP contribution in [0.1, 0.15) is 23.7 Å². The van der Waals surface area contributed by atoms with E-state index in [1.165, 1.54) is 11.1 Å². The van der Waals surface area contributed by atoms with Gasteiger partial charge in [0.05, 0.1) is 5.69 Å². The highest BCUT2D eigenvalue weighted by Crippen LogP contribution is 2.05. The molecular formula is C15H21N3. The lowest BCUT2D eigenvalue weighted by Crippen LogP contribution is -2.16. The highest BCUT2D eigenvalue weighted by Gasteiger charge is 2.02. The van der Waals surface area contributed by atoms with Crippen LogP contribution in [0.5, 0.6) is 0 Å². The number of nitrogens with one attached hydrogen (secondary N) is 1. The summed E-state index contributed by atoms with van der Waals surface area (Å²) in [4.78, 5) is 0. The first kappa shape index (κ1) is 12.8. The zero-order chi connectivity index (χ0) is 12.8. The molecule has 0 aliphatic carbocycles. The van der Waals surface area contributed by atoms with E-state index >= 15 is 0 Å². The topological polar surface area (TPSA) is 29.9 Å². The van der Waals surface area contributed by atoms with Crippen molar-refractivity contribution in [3.8, 4) is 0 Å². The predicted molar refractivity (Wildman–Crippen MR) is 74.5 cm³/mol. The van der Waals surface area contributed by atoms with Crippen molar-refractivity contribution in [3.63, 3.8) is 0 Å². The second-order valence-corrected chi connectivity index (χ2v) is 4.51. The summed E-state index contributed by atoms with van der Waals surface area (Å²) in [5.41, 5.74) is 3.81. The van der Waals surface area contributed by atoms with Crippen LogP contribution in [0.2, 0.25) is 0 Å². The molecule has 1 aromatic heterocycles. The summed E-state index contributed by atoms with van der Waals surface area (Å²) in [6.07, 6.45) is 3.20. The predicted octanol–water partition coefficient (Wildman–Crippen LogP) is 2.54. The highest BCUT2D eigenvalue weighted by molar-refractivity contribution is 5.16. The van der Waals surface area contributed by atoms with Crippen LogP contribution in [0.3, 0.4) is 0 Å². The maximum atomic E-state index is 4.44. The van der Waals surface area contributed by atoms with Gasteiger partial charge >= 0.3 is 0 Å². The lowest BCUT2D eigenvalue weighted by Gasteiger charge is -2.04. The molecule has 3 nitrogen and oxygen atoms in total. The first-order chi connectivity index (χ1) is 8.79. The van der Waals surface area contributed by atoms with Crippen molar-refractivity contribution in [1.82, 2.24) is 15.1 Å². The summed E-state index contributed by atoms with van der Waals surface area (Å²) in [7, 11) is 0. The Morgan fingerprint density at radius 1 is 1.22 bits per heavy atom. The molecule has 0 saturated carbocycles. The third-order valence-corrected chi connectivity index (χ3v) is 3.12. The zero-order valence-corrected chi connectivity index (χ0v) is 11.2. The number of hydrogen-bond acceptors (Lipinski definition) is 2. The summed E-state index contributed by atoms with van der Waals surface area (Å²) in [6.45, 7) is 7.02. The van der Waals surface area contributed by atoms with E-state index in [2.05, 4.69) is 60.8 Å². The third kappa shape index (κ3) is 3.44. The van der Waals surface area contributed by atoms with Crippen LogP contribution in [-0.2, 0) is 19.5 Å². The molecule has 18 heavy (non-hydrogen) atoms. The van der Waals surface area contributed by atoms with Gasteiger partial charge in [-0.25, -0.2) is 0 Å². The van der Waals surface area contributed by atoms with Gasteiger partial charge in [0, 0.05) is 24.8 Å². The number of hydrogen-bond donors (Lipinski definition) is 1. The molecule has 0 radical (unpaired) electrons. The average molecular weight is 243 g/mol. The van der Waals surface area contributed by atoms with Crippen LogP contribution in [0, 0.1) is 6.92 Å². The Hall–Kier alpha value is -1.61. The van der Waals surface area contributed by atoms with E-state index in [-0.39, 0.29) is 0 Å². The second-order valence-electron chi connectivity index (χ2n) is 4.51. The molecule has 3 heteroatoms. The van der Waals surface area contributed by atoms with E-state index in [0.717, 1.165) is 31.7 Å². The minimum Gasteiger partial charge on any atom is -0.312 e. The molecule has 1 heterocycles. The molecule has 0 unspecified atom stereocenters. The molecule has 0 amide bonds. The van der Waals surface area contributed by atoms with E-state index in [9.17, 15) is 0 Å². The Kier molecular flexibility index (Phi) is 4.53. The van der Waals surface area contributed by atoms with Crippen molar-refractivity contribution < 1.29 is 0 Å². The molecule has 0 atom stereocenters. The first-order valence-electron chi connectivity index (χ1n) is 6.57. The Bertz CT molecular complexity index is 474. The fourth-order valence-corrected chi connectivity index (χ4v) is 2.00. The number of aromatic nitrogens is 2. The van der Waals surface area contributed by atoms with Gasteiger partial charge in [-0.1, -0.05) is 30.3 Å². The van der Waals surface area contributed by atoms with Crippen molar-refractivity contribution in [3.05, 3.63) is 53.3 Å². The van der Waals surface area contributed by atoms with Crippen molar-refractivity contribution >= 4 is 0 Å². The highest BCUT2D eigenvalue weighted by atomic mass is 15.3. The largest absolute Gasteiger partial charge is 0.312 e. The maximum absolute atomic E-state index is 4.44. The second kappa shape index (κ2) is 6.36. The fraction of sp³-hybridized carbons (Fsp3) is 0.400. The van der Waals surface area contributed by atoms with Crippen LogP contribution >= 0.6 is 0 Å². The Balaban J connectivity index is 1.76. The van der Waals surface area contributed by atoms with Gasteiger partial charge in [-0.3, -0.25) is 4.68 Å². The van der Waals surface area contributed by atoms with E-state index < -0.39 is 0 Å². The van der Waals surface area contributed by atoms with Crippen LogP contribution < -0.4 is 5.32 Å². The molecule has 0 aliphatic heterocycles. The quantitative estimate of drug-likeness (QED) is 0.790. The maximum Gasteiger partial charge on any atom is 0.0638 e. The van der Waals surface area contributed by atoms with Crippen molar-refractivity contribution in [2.75, 3.05) is 6.54 Å². The van der Waals surface area contributed by atoms with Gasteiger partial charge in [0.2, 0.25) is 0 Å². The minimum atomic E-state index is 0.901. The number of nitrogens with zero attached hydrogens (tertiary/aromatic N) is 2. The molecule has 0 fully saturated rings. The standard InChI is InChI=1S/C15H21N3/c1-3-18-12-15(13(2)17-18)11-16-10-9-14-7-5-4-6-8-14/h4-8,12,16H,3,9-11H2,1-2H3. The normalized spacial score (nSPS) is 10.8. The lowest BCUT2D eigenvalue weighted by molar-refractivity contribution is 0.651. The summed E-state index contributed by atoms with van der Waals surface area (Å²) in [5, 5.41) is 7.92. The smallest absolute Gasteiger partial charge is 0.0638 e. The van der Waals surface area contributed by atoms with Crippen LogP contribution in [0.15, 0.2) is 36.5 Å². The van der Waals surface area contributed by atoms with Crippen LogP contribution in [0.4, 0.5) is 0 Å². The summed E-state index contributed by atoms with van der Waals surface area (Å²) in [5.74, 6) is 0. The molecule has 0 bridgehead atoms. The van der Waals surface area contributed by atoms with E-state index in [1.807, 2.05) is 4.68 Å². The SMILES string of the molecule is CCn1cc(CNCCc2ccccc2)c(C)n1. The van der Waals surface area contributed by atoms with Crippen LogP contribution in [0.25, 0.3) is 0 Å². The van der Waals surface area contributed by atoms with Crippen molar-refractivity contribution in [2.45, 2.75) is 33.4 Å². The number of benzene rings is 1.